The molecule has 126 valence electrons. The van der Waals surface area contributed by atoms with Crippen molar-refractivity contribution in [1.82, 2.24) is 14.9 Å². The van der Waals surface area contributed by atoms with Crippen molar-refractivity contribution in [1.29, 1.82) is 0 Å². The summed E-state index contributed by atoms with van der Waals surface area (Å²) >= 11 is 0. The fourth-order valence-corrected chi connectivity index (χ4v) is 4.28. The molecule has 4 nitrogen and oxygen atoms in total. The zero-order chi connectivity index (χ0) is 16.5. The maximum atomic E-state index is 12.6. The summed E-state index contributed by atoms with van der Waals surface area (Å²) in [6.07, 6.45) is 8.11. The van der Waals surface area contributed by atoms with Crippen LogP contribution < -0.4 is 5.32 Å². The molecule has 24 heavy (non-hydrogen) atoms. The van der Waals surface area contributed by atoms with Gasteiger partial charge in [0.2, 0.25) is 5.91 Å². The number of aryl methyl sites for hydroxylation is 3. The third-order valence-electron chi connectivity index (χ3n) is 5.40. The molecule has 0 bridgehead atoms. The van der Waals surface area contributed by atoms with Gasteiger partial charge in [-0.2, -0.15) is 0 Å². The first-order valence-corrected chi connectivity index (χ1v) is 9.09. The predicted octanol–water partition coefficient (Wildman–Crippen LogP) is 3.13. The van der Waals surface area contributed by atoms with E-state index in [1.165, 1.54) is 17.5 Å². The quantitative estimate of drug-likeness (QED) is 0.943. The summed E-state index contributed by atoms with van der Waals surface area (Å²) in [4.78, 5) is 17.1. The molecule has 0 saturated heterocycles. The topological polar surface area (TPSA) is 46.9 Å². The highest BCUT2D eigenvalue weighted by molar-refractivity contribution is 5.77. The summed E-state index contributed by atoms with van der Waals surface area (Å²) in [5.74, 6) is 1.73. The average Bonchev–Trinajstić information content (AvgIpc) is 2.94. The van der Waals surface area contributed by atoms with Crippen LogP contribution in [-0.2, 0) is 24.2 Å². The van der Waals surface area contributed by atoms with Crippen LogP contribution in [0, 0.1) is 6.92 Å². The van der Waals surface area contributed by atoms with E-state index in [0.29, 0.717) is 12.3 Å². The van der Waals surface area contributed by atoms with Gasteiger partial charge in [-0.15, -0.1) is 0 Å². The number of nitrogens with zero attached hydrogens (tertiary/aromatic N) is 2. The van der Waals surface area contributed by atoms with E-state index < -0.39 is 0 Å². The van der Waals surface area contributed by atoms with Crippen LogP contribution in [0.4, 0.5) is 0 Å². The molecule has 1 aromatic heterocycles. The van der Waals surface area contributed by atoms with Gasteiger partial charge in [0.1, 0.15) is 5.82 Å². The number of benzene rings is 1. The first-order chi connectivity index (χ1) is 11.7. The van der Waals surface area contributed by atoms with E-state index in [2.05, 4.69) is 45.3 Å². The molecule has 0 unspecified atom stereocenters. The fraction of sp³-hybridized carbons (Fsp3) is 0.500. The number of amides is 1. The second kappa shape index (κ2) is 6.42. The Morgan fingerprint density at radius 3 is 3.08 bits per heavy atom. The molecule has 2 aromatic rings. The molecule has 1 aliphatic carbocycles. The maximum Gasteiger partial charge on any atom is 0.220 e. The Morgan fingerprint density at radius 2 is 2.17 bits per heavy atom. The summed E-state index contributed by atoms with van der Waals surface area (Å²) in [6.45, 7) is 2.88. The minimum atomic E-state index is 0.196. The van der Waals surface area contributed by atoms with E-state index in [1.807, 2.05) is 6.92 Å². The van der Waals surface area contributed by atoms with Gasteiger partial charge in [0.25, 0.3) is 0 Å². The molecule has 0 fully saturated rings. The van der Waals surface area contributed by atoms with Gasteiger partial charge >= 0.3 is 0 Å². The normalized spacial score (nSPS) is 22.5. The highest BCUT2D eigenvalue weighted by Gasteiger charge is 2.25. The van der Waals surface area contributed by atoms with E-state index in [9.17, 15) is 4.79 Å². The molecule has 2 aliphatic rings. The Morgan fingerprint density at radius 1 is 1.29 bits per heavy atom. The lowest BCUT2D eigenvalue weighted by Crippen LogP contribution is -2.41. The van der Waals surface area contributed by atoms with Crippen molar-refractivity contribution in [3.05, 3.63) is 53.1 Å². The average molecular weight is 323 g/mol. The van der Waals surface area contributed by atoms with Crippen molar-refractivity contribution in [3.63, 3.8) is 0 Å². The lowest BCUT2D eigenvalue weighted by atomic mass is 9.81. The van der Waals surface area contributed by atoms with Gasteiger partial charge < -0.3 is 9.88 Å². The number of carbonyl (C=O) groups is 1. The van der Waals surface area contributed by atoms with E-state index in [-0.39, 0.29) is 11.9 Å². The number of rotatable bonds is 3. The highest BCUT2D eigenvalue weighted by Crippen LogP contribution is 2.33. The standard InChI is InChI=1S/C20H25N3O/c1-14-12-23-13-17(9-10-19(23)21-14)22-20(24)11-16-7-4-6-15-5-2-3-8-18(15)16/h2-3,5,8,12,16-17H,4,6-7,9-11,13H2,1H3,(H,22,24)/t16-,17+/m0/s1. The Bertz CT molecular complexity index is 749. The summed E-state index contributed by atoms with van der Waals surface area (Å²) < 4.78 is 2.19. The Balaban J connectivity index is 1.38. The molecule has 1 amide bonds. The van der Waals surface area contributed by atoms with Crippen LogP contribution in [0.2, 0.25) is 0 Å². The molecule has 0 saturated carbocycles. The Labute approximate surface area is 143 Å². The number of hydrogen-bond acceptors (Lipinski definition) is 2. The number of imidazole rings is 1. The van der Waals surface area contributed by atoms with E-state index in [4.69, 9.17) is 0 Å². The van der Waals surface area contributed by atoms with Crippen LogP contribution in [0.5, 0.6) is 0 Å². The molecular formula is C20H25N3O. The van der Waals surface area contributed by atoms with Crippen molar-refractivity contribution in [2.75, 3.05) is 0 Å². The smallest absolute Gasteiger partial charge is 0.220 e. The zero-order valence-corrected chi connectivity index (χ0v) is 14.3. The molecule has 0 spiro atoms. The Hall–Kier alpha value is -2.10. The Kier molecular flexibility index (Phi) is 4.13. The van der Waals surface area contributed by atoms with Crippen molar-refractivity contribution < 1.29 is 4.79 Å². The molecule has 0 radical (unpaired) electrons. The van der Waals surface area contributed by atoms with Gasteiger partial charge in [0.05, 0.1) is 5.69 Å². The summed E-state index contributed by atoms with van der Waals surface area (Å²) in [5, 5.41) is 3.26. The number of aromatic nitrogens is 2. The maximum absolute atomic E-state index is 12.6. The number of nitrogens with one attached hydrogen (secondary N) is 1. The van der Waals surface area contributed by atoms with Crippen LogP contribution in [-0.4, -0.2) is 21.5 Å². The fourth-order valence-electron chi connectivity index (χ4n) is 4.28. The third kappa shape index (κ3) is 3.10. The van der Waals surface area contributed by atoms with Crippen molar-refractivity contribution >= 4 is 5.91 Å². The van der Waals surface area contributed by atoms with Gasteiger partial charge in [-0.25, -0.2) is 4.98 Å². The number of fused-ring (bicyclic) bond motifs is 2. The molecule has 2 atom stereocenters. The van der Waals surface area contributed by atoms with Crippen LogP contribution in [0.1, 0.15) is 54.2 Å². The van der Waals surface area contributed by atoms with Crippen LogP contribution in [0.3, 0.4) is 0 Å². The number of carbonyl (C=O) groups excluding carboxylic acids is 1. The molecule has 4 rings (SSSR count). The van der Waals surface area contributed by atoms with Gasteiger partial charge in [-0.3, -0.25) is 4.79 Å². The van der Waals surface area contributed by atoms with Gasteiger partial charge in [0, 0.05) is 31.6 Å². The molecule has 1 aromatic carbocycles. The highest BCUT2D eigenvalue weighted by atomic mass is 16.1. The van der Waals surface area contributed by atoms with Crippen molar-refractivity contribution in [3.8, 4) is 0 Å². The van der Waals surface area contributed by atoms with Crippen LogP contribution >= 0.6 is 0 Å². The van der Waals surface area contributed by atoms with Crippen LogP contribution in [0.25, 0.3) is 0 Å². The molecule has 1 N–H and O–H groups in total. The van der Waals surface area contributed by atoms with Gasteiger partial charge in [0.15, 0.2) is 0 Å². The lowest BCUT2D eigenvalue weighted by molar-refractivity contribution is -0.122. The molecule has 4 heteroatoms. The van der Waals surface area contributed by atoms with E-state index in [0.717, 1.165) is 43.7 Å². The summed E-state index contributed by atoms with van der Waals surface area (Å²) in [5.41, 5.74) is 3.88. The molecule has 2 heterocycles. The van der Waals surface area contributed by atoms with E-state index >= 15 is 0 Å². The van der Waals surface area contributed by atoms with Crippen molar-refractivity contribution in [2.24, 2.45) is 0 Å². The first kappa shape index (κ1) is 15.4. The largest absolute Gasteiger partial charge is 0.352 e. The molecule has 1 aliphatic heterocycles. The predicted molar refractivity (Wildman–Crippen MR) is 94.0 cm³/mol. The summed E-state index contributed by atoms with van der Waals surface area (Å²) in [7, 11) is 0. The monoisotopic (exact) mass is 323 g/mol. The van der Waals surface area contributed by atoms with Gasteiger partial charge in [-0.05, 0) is 49.7 Å². The minimum absolute atomic E-state index is 0.196. The second-order valence-electron chi connectivity index (χ2n) is 7.25. The summed E-state index contributed by atoms with van der Waals surface area (Å²) in [6, 6.07) is 8.85. The number of hydrogen-bond donors (Lipinski definition) is 1. The first-order valence-electron chi connectivity index (χ1n) is 9.09. The third-order valence-corrected chi connectivity index (χ3v) is 5.40. The SMILES string of the molecule is Cc1cn2c(n1)CC[C@@H](NC(=O)C[C@@H]1CCCc3ccccc31)C2. The molecular weight excluding hydrogens is 298 g/mol. The van der Waals surface area contributed by atoms with Crippen LogP contribution in [0.15, 0.2) is 30.5 Å². The lowest BCUT2D eigenvalue weighted by Gasteiger charge is -2.28. The van der Waals surface area contributed by atoms with Crippen molar-refractivity contribution in [2.45, 2.75) is 64.0 Å². The van der Waals surface area contributed by atoms with Gasteiger partial charge in [-0.1, -0.05) is 24.3 Å². The second-order valence-corrected chi connectivity index (χ2v) is 7.25. The zero-order valence-electron chi connectivity index (χ0n) is 14.3. The minimum Gasteiger partial charge on any atom is -0.352 e. The van der Waals surface area contributed by atoms with E-state index in [1.54, 1.807) is 0 Å².